The second-order valence-electron chi connectivity index (χ2n) is 18.3. The van der Waals surface area contributed by atoms with Crippen LogP contribution in [0.4, 0.5) is 0 Å². The SMILES string of the molecule is c1ccc(-c2ccccc2B2C3CCCCC3N3C4=NC5CCCCC5N4C4C5C6CCCC7OC8CCCCC8N(C5CC2C43)C76)cc1. The van der Waals surface area contributed by atoms with Crippen LogP contribution in [0.2, 0.25) is 11.6 Å². The minimum atomic E-state index is 0.467. The first-order valence-electron chi connectivity index (χ1n) is 21.1. The fourth-order valence-corrected chi connectivity index (χ4v) is 15.2. The average molecular weight is 655 g/mol. The fraction of sp³-hybridized carbons (Fsp3) is 0.698. The van der Waals surface area contributed by atoms with E-state index in [0.29, 0.717) is 78.9 Å². The molecule has 0 spiro atoms. The molecule has 5 aliphatic heterocycles. The number of morpholine rings is 1. The number of ether oxygens (including phenoxy) is 1. The van der Waals surface area contributed by atoms with Crippen LogP contribution in [0.1, 0.15) is 103 Å². The molecule has 5 heterocycles. The van der Waals surface area contributed by atoms with E-state index in [9.17, 15) is 0 Å². The monoisotopic (exact) mass is 654 g/mol. The molecule has 9 fully saturated rings. The minimum Gasteiger partial charge on any atom is -0.372 e. The van der Waals surface area contributed by atoms with Crippen molar-refractivity contribution >= 4 is 18.1 Å². The molecule has 0 N–H and O–H groups in total. The van der Waals surface area contributed by atoms with Gasteiger partial charge < -0.3 is 14.5 Å². The standard InChI is InChI=1S/C43H55BN4O/c1-2-13-26(14-3-1)27-15-4-5-17-29(27)44-30-18-6-8-20-33(30)47-41-31(44)25-36-39(42(41)48-34-21-9-7-19-32(34)45-43(47)48)28-16-12-24-38-40(28)46(36)35-22-10-11-23-37(35)49-38/h1-5,13-15,17,28,30-42H,6-12,16,18-25H2. The van der Waals surface area contributed by atoms with Gasteiger partial charge in [0.1, 0.15) is 0 Å². The smallest absolute Gasteiger partial charge is 0.198 e. The van der Waals surface area contributed by atoms with E-state index < -0.39 is 0 Å². The Balaban J connectivity index is 1.06. The molecule has 2 aromatic rings. The van der Waals surface area contributed by atoms with E-state index in [4.69, 9.17) is 9.73 Å². The summed E-state index contributed by atoms with van der Waals surface area (Å²) in [4.78, 5) is 15.3. The van der Waals surface area contributed by atoms with Crippen molar-refractivity contribution in [3.63, 3.8) is 0 Å². The van der Waals surface area contributed by atoms with Crippen molar-refractivity contribution < 1.29 is 4.74 Å². The summed E-state index contributed by atoms with van der Waals surface area (Å²) in [6.45, 7) is 0.621. The Labute approximate surface area is 294 Å². The van der Waals surface area contributed by atoms with E-state index in [2.05, 4.69) is 69.3 Å². The molecule has 256 valence electrons. The van der Waals surface area contributed by atoms with E-state index >= 15 is 0 Å². The van der Waals surface area contributed by atoms with Crippen LogP contribution in [0.5, 0.6) is 0 Å². The predicted molar refractivity (Wildman–Crippen MR) is 198 cm³/mol. The molecule has 0 bridgehead atoms. The Morgan fingerprint density at radius 1 is 0.592 bits per heavy atom. The molecular weight excluding hydrogens is 599 g/mol. The van der Waals surface area contributed by atoms with Gasteiger partial charge in [0.2, 0.25) is 0 Å². The molecule has 5 saturated carbocycles. The highest BCUT2D eigenvalue weighted by atomic mass is 16.5. The highest BCUT2D eigenvalue weighted by molar-refractivity contribution is 6.78. The van der Waals surface area contributed by atoms with Crippen LogP contribution in [-0.4, -0.2) is 87.9 Å². The second kappa shape index (κ2) is 11.1. The van der Waals surface area contributed by atoms with E-state index in [0.717, 1.165) is 11.8 Å². The van der Waals surface area contributed by atoms with Crippen LogP contribution in [0.3, 0.4) is 0 Å². The number of hydrogen-bond donors (Lipinski definition) is 0. The van der Waals surface area contributed by atoms with Gasteiger partial charge in [0.25, 0.3) is 0 Å². The number of nitrogens with zero attached hydrogens (tertiary/aromatic N) is 4. The molecule has 0 aromatic heterocycles. The Hall–Kier alpha value is -2.31. The van der Waals surface area contributed by atoms with E-state index in [1.807, 2.05) is 0 Å². The first kappa shape index (κ1) is 29.3. The molecule has 14 atom stereocenters. The molecule has 10 aliphatic rings. The fourth-order valence-electron chi connectivity index (χ4n) is 15.2. The predicted octanol–water partition coefficient (Wildman–Crippen LogP) is 7.37. The third-order valence-electron chi connectivity index (χ3n) is 16.5. The third-order valence-corrected chi connectivity index (χ3v) is 16.5. The zero-order chi connectivity index (χ0) is 31.8. The number of hydrogen-bond acceptors (Lipinski definition) is 5. The van der Waals surface area contributed by atoms with Crippen molar-refractivity contribution in [3.05, 3.63) is 54.6 Å². The van der Waals surface area contributed by atoms with Crippen molar-refractivity contribution in [2.24, 2.45) is 16.8 Å². The number of fused-ring (bicyclic) bond motifs is 13. The lowest BCUT2D eigenvalue weighted by atomic mass is 9.23. The lowest BCUT2D eigenvalue weighted by Crippen LogP contribution is -2.68. The molecule has 5 aliphatic carbocycles. The summed E-state index contributed by atoms with van der Waals surface area (Å²) in [5.74, 6) is 4.44. The van der Waals surface area contributed by atoms with Gasteiger partial charge in [0.15, 0.2) is 12.7 Å². The molecule has 2 aromatic carbocycles. The van der Waals surface area contributed by atoms with E-state index in [1.54, 1.807) is 5.46 Å². The van der Waals surface area contributed by atoms with Gasteiger partial charge in [-0.15, -0.1) is 0 Å². The normalized spacial score (nSPS) is 46.1. The topological polar surface area (TPSA) is 31.3 Å². The summed E-state index contributed by atoms with van der Waals surface area (Å²) < 4.78 is 7.19. The zero-order valence-electron chi connectivity index (χ0n) is 29.4. The summed E-state index contributed by atoms with van der Waals surface area (Å²) in [6, 6.07) is 26.2. The van der Waals surface area contributed by atoms with Gasteiger partial charge in [-0.3, -0.25) is 4.90 Å². The maximum Gasteiger partial charge on any atom is 0.198 e. The van der Waals surface area contributed by atoms with Gasteiger partial charge >= 0.3 is 0 Å². The van der Waals surface area contributed by atoms with Crippen molar-refractivity contribution in [2.75, 3.05) is 0 Å². The van der Waals surface area contributed by atoms with Crippen molar-refractivity contribution in [1.29, 1.82) is 0 Å². The molecule has 4 saturated heterocycles. The van der Waals surface area contributed by atoms with Crippen LogP contribution < -0.4 is 5.46 Å². The van der Waals surface area contributed by atoms with Crippen molar-refractivity contribution in [2.45, 2.75) is 175 Å². The van der Waals surface area contributed by atoms with Gasteiger partial charge in [0, 0.05) is 36.1 Å². The third kappa shape index (κ3) is 4.00. The van der Waals surface area contributed by atoms with Gasteiger partial charge in [0.05, 0.1) is 30.3 Å². The van der Waals surface area contributed by atoms with Crippen LogP contribution in [0, 0.1) is 11.8 Å². The Bertz CT molecular complexity index is 1630. The van der Waals surface area contributed by atoms with Gasteiger partial charge in [-0.1, -0.05) is 111 Å². The number of benzene rings is 2. The van der Waals surface area contributed by atoms with Crippen molar-refractivity contribution in [1.82, 2.24) is 14.7 Å². The van der Waals surface area contributed by atoms with Crippen LogP contribution in [0.25, 0.3) is 11.1 Å². The van der Waals surface area contributed by atoms with Crippen LogP contribution in [-0.2, 0) is 4.74 Å². The molecule has 14 unspecified atom stereocenters. The maximum absolute atomic E-state index is 7.19. The lowest BCUT2D eigenvalue weighted by Gasteiger charge is -2.59. The highest BCUT2D eigenvalue weighted by Crippen LogP contribution is 2.64. The number of rotatable bonds is 2. The lowest BCUT2D eigenvalue weighted by molar-refractivity contribution is -0.177. The Kier molecular flexibility index (Phi) is 6.63. The van der Waals surface area contributed by atoms with Crippen molar-refractivity contribution in [3.8, 4) is 11.1 Å². The van der Waals surface area contributed by atoms with Gasteiger partial charge in [-0.05, 0) is 80.0 Å². The highest BCUT2D eigenvalue weighted by Gasteiger charge is 2.72. The minimum absolute atomic E-state index is 0.467. The maximum atomic E-state index is 7.19. The summed E-state index contributed by atoms with van der Waals surface area (Å²) in [5.41, 5.74) is 4.59. The number of guanidine groups is 1. The largest absolute Gasteiger partial charge is 0.372 e. The summed E-state index contributed by atoms with van der Waals surface area (Å²) in [6.07, 6.45) is 22.8. The van der Waals surface area contributed by atoms with Gasteiger partial charge in [-0.2, -0.15) is 0 Å². The van der Waals surface area contributed by atoms with Crippen LogP contribution >= 0.6 is 0 Å². The number of aliphatic imine (C=N–C) groups is 1. The Morgan fingerprint density at radius 3 is 2.24 bits per heavy atom. The molecule has 0 radical (unpaired) electrons. The summed E-state index contributed by atoms with van der Waals surface area (Å²) in [7, 11) is 0. The molecule has 49 heavy (non-hydrogen) atoms. The molecule has 0 amide bonds. The van der Waals surface area contributed by atoms with E-state index in [1.165, 1.54) is 120 Å². The molecule has 5 nitrogen and oxygen atoms in total. The Morgan fingerprint density at radius 2 is 1.33 bits per heavy atom. The zero-order valence-corrected chi connectivity index (χ0v) is 29.4. The molecule has 6 heteroatoms. The molecular formula is C43H55BN4O. The van der Waals surface area contributed by atoms with Gasteiger partial charge in [-0.25, -0.2) is 4.99 Å². The summed E-state index contributed by atoms with van der Waals surface area (Å²) >= 11 is 0. The van der Waals surface area contributed by atoms with E-state index in [-0.39, 0.29) is 0 Å². The summed E-state index contributed by atoms with van der Waals surface area (Å²) in [5, 5.41) is 0. The quantitative estimate of drug-likeness (QED) is 0.317. The first-order chi connectivity index (χ1) is 24.3. The average Bonchev–Trinajstić information content (AvgIpc) is 3.81. The molecule has 12 rings (SSSR count). The van der Waals surface area contributed by atoms with Crippen LogP contribution in [0.15, 0.2) is 59.6 Å². The first-order valence-corrected chi connectivity index (χ1v) is 21.1. The second-order valence-corrected chi connectivity index (χ2v) is 18.3.